The zero-order valence-electron chi connectivity index (χ0n) is 14.9. The van der Waals surface area contributed by atoms with Gasteiger partial charge in [0.15, 0.2) is 0 Å². The number of nitrogens with zero attached hydrogens (tertiary/aromatic N) is 1. The minimum absolute atomic E-state index is 0.0817. The zero-order chi connectivity index (χ0) is 19.5. The van der Waals surface area contributed by atoms with E-state index in [0.29, 0.717) is 16.7 Å². The maximum atomic E-state index is 12.7. The van der Waals surface area contributed by atoms with Gasteiger partial charge in [-0.05, 0) is 48.9 Å². The number of hydrogen-bond donors (Lipinski definition) is 0. The molecule has 0 spiro atoms. The fourth-order valence-electron chi connectivity index (χ4n) is 2.68. The Morgan fingerprint density at radius 1 is 1.04 bits per heavy atom. The molecule has 0 aliphatic carbocycles. The Labute approximate surface area is 160 Å². The maximum Gasteiger partial charge on any atom is 0.345 e. The first-order chi connectivity index (χ1) is 13.6. The molecule has 0 saturated heterocycles. The van der Waals surface area contributed by atoms with E-state index in [1.165, 1.54) is 30.7 Å². The Hall–Kier alpha value is -3.93. The molecule has 6 nitrogen and oxygen atoms in total. The molecule has 2 aromatic carbocycles. The van der Waals surface area contributed by atoms with Crippen molar-refractivity contribution in [2.45, 2.75) is 6.92 Å². The highest BCUT2D eigenvalue weighted by Gasteiger charge is 2.13. The number of rotatable bonds is 4. The summed E-state index contributed by atoms with van der Waals surface area (Å²) in [5.74, 6) is 0.345. The number of pyridine rings is 1. The van der Waals surface area contributed by atoms with Gasteiger partial charge in [-0.1, -0.05) is 12.1 Å². The van der Waals surface area contributed by atoms with Gasteiger partial charge in [0.25, 0.3) is 0 Å². The summed E-state index contributed by atoms with van der Waals surface area (Å²) < 4.78 is 16.5. The third kappa shape index (κ3) is 3.61. The summed E-state index contributed by atoms with van der Waals surface area (Å²) in [6.07, 6.45) is 4.23. The molecule has 2 heterocycles. The first kappa shape index (κ1) is 17.5. The number of hydrogen-bond acceptors (Lipinski definition) is 6. The van der Waals surface area contributed by atoms with Crippen LogP contribution in [0.5, 0.6) is 17.2 Å². The highest BCUT2D eigenvalue weighted by atomic mass is 16.5. The van der Waals surface area contributed by atoms with Gasteiger partial charge in [-0.25, -0.2) is 4.79 Å². The van der Waals surface area contributed by atoms with Crippen LogP contribution in [0, 0.1) is 6.92 Å². The standard InChI is InChI=1S/C22H15NO5/c1-14-4-2-6-16(10-14)27-20-13-26-19-11-17(7-8-18(19)21(20)24)28-22(25)15-5-3-9-23-12-15/h2-13H,1H3. The van der Waals surface area contributed by atoms with Crippen molar-refractivity contribution in [3.63, 3.8) is 0 Å². The number of carbonyl (C=O) groups is 1. The number of carbonyl (C=O) groups excluding carboxylic acids is 1. The smallest absolute Gasteiger partial charge is 0.345 e. The van der Waals surface area contributed by atoms with E-state index in [1.807, 2.05) is 25.1 Å². The van der Waals surface area contributed by atoms with Crippen LogP contribution in [0.15, 0.2) is 82.5 Å². The lowest BCUT2D eigenvalue weighted by Gasteiger charge is -2.07. The molecule has 0 unspecified atom stereocenters. The second-order valence-corrected chi connectivity index (χ2v) is 6.14. The lowest BCUT2D eigenvalue weighted by Crippen LogP contribution is -2.09. The van der Waals surface area contributed by atoms with E-state index in [0.717, 1.165) is 5.56 Å². The van der Waals surface area contributed by atoms with Gasteiger partial charge in [-0.15, -0.1) is 0 Å². The van der Waals surface area contributed by atoms with Crippen LogP contribution in [0.3, 0.4) is 0 Å². The molecule has 6 heteroatoms. The monoisotopic (exact) mass is 373 g/mol. The van der Waals surface area contributed by atoms with E-state index in [1.54, 1.807) is 24.4 Å². The van der Waals surface area contributed by atoms with Crippen LogP contribution in [-0.2, 0) is 0 Å². The first-order valence-corrected chi connectivity index (χ1v) is 8.52. The van der Waals surface area contributed by atoms with Crippen LogP contribution in [0.25, 0.3) is 11.0 Å². The molecule has 0 saturated carbocycles. The number of aryl methyl sites for hydroxylation is 1. The Morgan fingerprint density at radius 3 is 2.71 bits per heavy atom. The topological polar surface area (TPSA) is 78.6 Å². The molecule has 4 aromatic rings. The molecule has 138 valence electrons. The van der Waals surface area contributed by atoms with Crippen molar-refractivity contribution >= 4 is 16.9 Å². The summed E-state index contributed by atoms with van der Waals surface area (Å²) in [5, 5.41) is 0.325. The van der Waals surface area contributed by atoms with Crippen molar-refractivity contribution < 1.29 is 18.7 Å². The minimum Gasteiger partial charge on any atom is -0.460 e. The van der Waals surface area contributed by atoms with E-state index in [9.17, 15) is 9.59 Å². The van der Waals surface area contributed by atoms with E-state index in [2.05, 4.69) is 4.98 Å². The number of ether oxygens (including phenoxy) is 2. The molecular formula is C22H15NO5. The number of fused-ring (bicyclic) bond motifs is 1. The Kier molecular flexibility index (Phi) is 4.60. The predicted octanol–water partition coefficient (Wildman–Crippen LogP) is 4.51. The Morgan fingerprint density at radius 2 is 1.93 bits per heavy atom. The van der Waals surface area contributed by atoms with Crippen LogP contribution in [0.1, 0.15) is 15.9 Å². The average molecular weight is 373 g/mol. The second-order valence-electron chi connectivity index (χ2n) is 6.14. The summed E-state index contributed by atoms with van der Waals surface area (Å²) in [7, 11) is 0. The van der Waals surface area contributed by atoms with Crippen LogP contribution in [-0.4, -0.2) is 11.0 Å². The highest BCUT2D eigenvalue weighted by molar-refractivity contribution is 5.91. The normalized spacial score (nSPS) is 10.6. The SMILES string of the molecule is Cc1cccc(Oc2coc3cc(OC(=O)c4cccnc4)ccc3c2=O)c1. The molecule has 0 radical (unpaired) electrons. The zero-order valence-corrected chi connectivity index (χ0v) is 14.9. The first-order valence-electron chi connectivity index (χ1n) is 8.52. The Balaban J connectivity index is 1.61. The minimum atomic E-state index is -0.547. The molecule has 0 aliphatic rings. The van der Waals surface area contributed by atoms with Gasteiger partial charge in [0.2, 0.25) is 11.2 Å². The third-order valence-corrected chi connectivity index (χ3v) is 4.04. The van der Waals surface area contributed by atoms with Crippen LogP contribution < -0.4 is 14.9 Å². The summed E-state index contributed by atoms with van der Waals surface area (Å²) in [6, 6.07) is 15.2. The molecule has 0 fully saturated rings. The van der Waals surface area contributed by atoms with Gasteiger partial charge in [-0.2, -0.15) is 0 Å². The van der Waals surface area contributed by atoms with Gasteiger partial charge in [0.1, 0.15) is 23.3 Å². The highest BCUT2D eigenvalue weighted by Crippen LogP contribution is 2.24. The molecule has 0 aliphatic heterocycles. The predicted molar refractivity (Wildman–Crippen MR) is 103 cm³/mol. The van der Waals surface area contributed by atoms with Crippen molar-refractivity contribution in [1.29, 1.82) is 0 Å². The largest absolute Gasteiger partial charge is 0.460 e. The van der Waals surface area contributed by atoms with Crippen molar-refractivity contribution in [3.05, 3.63) is 94.6 Å². The van der Waals surface area contributed by atoms with Crippen molar-refractivity contribution in [3.8, 4) is 17.2 Å². The molecule has 0 amide bonds. The fourth-order valence-corrected chi connectivity index (χ4v) is 2.68. The number of aromatic nitrogens is 1. The number of esters is 1. The second kappa shape index (κ2) is 7.36. The van der Waals surface area contributed by atoms with Gasteiger partial charge >= 0.3 is 5.97 Å². The van der Waals surface area contributed by atoms with E-state index < -0.39 is 5.97 Å². The summed E-state index contributed by atoms with van der Waals surface area (Å²) in [5.41, 5.74) is 1.32. The van der Waals surface area contributed by atoms with E-state index >= 15 is 0 Å². The number of benzene rings is 2. The van der Waals surface area contributed by atoms with E-state index in [4.69, 9.17) is 13.9 Å². The van der Waals surface area contributed by atoms with Gasteiger partial charge in [0.05, 0.1) is 10.9 Å². The van der Waals surface area contributed by atoms with Crippen molar-refractivity contribution in [2.24, 2.45) is 0 Å². The van der Waals surface area contributed by atoms with Crippen LogP contribution in [0.2, 0.25) is 0 Å². The van der Waals surface area contributed by atoms with Crippen LogP contribution in [0.4, 0.5) is 0 Å². The molecule has 28 heavy (non-hydrogen) atoms. The quantitative estimate of drug-likeness (QED) is 0.387. The van der Waals surface area contributed by atoms with Gasteiger partial charge in [-0.3, -0.25) is 9.78 Å². The molecule has 0 N–H and O–H groups in total. The van der Waals surface area contributed by atoms with Crippen molar-refractivity contribution in [2.75, 3.05) is 0 Å². The fraction of sp³-hybridized carbons (Fsp3) is 0.0455. The summed E-state index contributed by atoms with van der Waals surface area (Å²) in [4.78, 5) is 28.7. The maximum absolute atomic E-state index is 12.7. The molecule has 4 rings (SSSR count). The van der Waals surface area contributed by atoms with E-state index in [-0.39, 0.29) is 22.5 Å². The summed E-state index contributed by atoms with van der Waals surface area (Å²) >= 11 is 0. The lowest BCUT2D eigenvalue weighted by molar-refractivity contribution is 0.0734. The molecule has 0 atom stereocenters. The van der Waals surface area contributed by atoms with Crippen molar-refractivity contribution in [1.82, 2.24) is 4.98 Å². The molecule has 2 aromatic heterocycles. The van der Waals surface area contributed by atoms with Gasteiger partial charge in [0, 0.05) is 18.5 Å². The lowest BCUT2D eigenvalue weighted by atomic mass is 10.2. The third-order valence-electron chi connectivity index (χ3n) is 4.04. The summed E-state index contributed by atoms with van der Waals surface area (Å²) in [6.45, 7) is 1.93. The Bertz CT molecular complexity index is 1210. The average Bonchev–Trinajstić information content (AvgIpc) is 2.71. The van der Waals surface area contributed by atoms with Gasteiger partial charge < -0.3 is 13.9 Å². The molecular weight excluding hydrogens is 358 g/mol. The molecule has 0 bridgehead atoms. The van der Waals surface area contributed by atoms with Crippen LogP contribution >= 0.6 is 0 Å².